The Bertz CT molecular complexity index is 167. The standard InChI is InChI=1S/C8H13BrN2/c1-3-8(4-5-10)6-11-7(2)9/h6-7,11H,3-4H2,1-2H3/b8-6+. The summed E-state index contributed by atoms with van der Waals surface area (Å²) in [6.45, 7) is 4.04. The highest BCUT2D eigenvalue weighted by Crippen LogP contribution is 2.04. The molecule has 11 heavy (non-hydrogen) atoms. The fourth-order valence-corrected chi connectivity index (χ4v) is 0.744. The number of allylic oxidation sites excluding steroid dienone is 1. The van der Waals surface area contributed by atoms with Crippen molar-refractivity contribution in [2.75, 3.05) is 0 Å². The number of nitriles is 1. The van der Waals surface area contributed by atoms with Crippen molar-refractivity contribution in [2.45, 2.75) is 31.6 Å². The normalized spacial score (nSPS) is 13.8. The van der Waals surface area contributed by atoms with Gasteiger partial charge in [0.15, 0.2) is 0 Å². The van der Waals surface area contributed by atoms with E-state index in [9.17, 15) is 0 Å². The van der Waals surface area contributed by atoms with Gasteiger partial charge in [-0.05, 0) is 25.1 Å². The Balaban J connectivity index is 3.82. The first-order valence-electron chi connectivity index (χ1n) is 3.65. The molecule has 0 aromatic heterocycles. The van der Waals surface area contributed by atoms with Crippen LogP contribution in [0.15, 0.2) is 11.8 Å². The summed E-state index contributed by atoms with van der Waals surface area (Å²) in [5.41, 5.74) is 1.14. The van der Waals surface area contributed by atoms with Crippen LogP contribution < -0.4 is 5.32 Å². The first-order valence-corrected chi connectivity index (χ1v) is 4.57. The average Bonchev–Trinajstić information content (AvgIpc) is 1.97. The summed E-state index contributed by atoms with van der Waals surface area (Å²) in [7, 11) is 0. The Morgan fingerprint density at radius 3 is 2.82 bits per heavy atom. The Kier molecular flexibility index (Phi) is 5.96. The molecule has 0 aromatic rings. The Morgan fingerprint density at radius 1 is 1.82 bits per heavy atom. The van der Waals surface area contributed by atoms with E-state index in [1.54, 1.807) is 0 Å². The summed E-state index contributed by atoms with van der Waals surface area (Å²) in [6, 6.07) is 2.12. The molecule has 0 amide bonds. The molecule has 0 aliphatic heterocycles. The Labute approximate surface area is 76.4 Å². The maximum absolute atomic E-state index is 8.40. The molecule has 62 valence electrons. The van der Waals surface area contributed by atoms with E-state index in [0.29, 0.717) is 6.42 Å². The third kappa shape index (κ3) is 5.93. The van der Waals surface area contributed by atoms with Crippen LogP contribution in [0.4, 0.5) is 0 Å². The summed E-state index contributed by atoms with van der Waals surface area (Å²) < 4.78 is 0. The largest absolute Gasteiger partial charge is 0.379 e. The molecule has 0 aliphatic carbocycles. The van der Waals surface area contributed by atoms with Gasteiger partial charge in [-0.3, -0.25) is 0 Å². The van der Waals surface area contributed by atoms with Crippen molar-refractivity contribution < 1.29 is 0 Å². The van der Waals surface area contributed by atoms with Crippen molar-refractivity contribution in [1.29, 1.82) is 5.26 Å². The third-order valence-corrected chi connectivity index (χ3v) is 1.54. The smallest absolute Gasteiger partial charge is 0.0784 e. The quantitative estimate of drug-likeness (QED) is 0.580. The second-order valence-electron chi connectivity index (χ2n) is 2.27. The fourth-order valence-electron chi connectivity index (χ4n) is 0.612. The van der Waals surface area contributed by atoms with Gasteiger partial charge in [-0.2, -0.15) is 5.26 Å². The second kappa shape index (κ2) is 6.23. The molecule has 1 unspecified atom stereocenters. The van der Waals surface area contributed by atoms with Gasteiger partial charge in [0.2, 0.25) is 0 Å². The first-order chi connectivity index (χ1) is 5.20. The molecule has 0 bridgehead atoms. The van der Waals surface area contributed by atoms with Crippen molar-refractivity contribution in [3.05, 3.63) is 11.8 Å². The van der Waals surface area contributed by atoms with Crippen molar-refractivity contribution in [1.82, 2.24) is 5.32 Å². The molecule has 0 fully saturated rings. The van der Waals surface area contributed by atoms with Gasteiger partial charge in [0.25, 0.3) is 0 Å². The molecule has 1 atom stereocenters. The Morgan fingerprint density at radius 2 is 2.45 bits per heavy atom. The fraction of sp³-hybridized carbons (Fsp3) is 0.625. The monoisotopic (exact) mass is 216 g/mol. The highest BCUT2D eigenvalue weighted by atomic mass is 79.9. The van der Waals surface area contributed by atoms with Gasteiger partial charge in [-0.25, -0.2) is 0 Å². The molecule has 0 aromatic carbocycles. The maximum Gasteiger partial charge on any atom is 0.0784 e. The lowest BCUT2D eigenvalue weighted by molar-refractivity contribution is 0.845. The van der Waals surface area contributed by atoms with Crippen LogP contribution in [-0.4, -0.2) is 4.95 Å². The molecule has 0 aliphatic rings. The first kappa shape index (κ1) is 10.5. The van der Waals surface area contributed by atoms with Crippen LogP contribution in [0.3, 0.4) is 0 Å². The molecule has 0 radical (unpaired) electrons. The van der Waals surface area contributed by atoms with Crippen molar-refractivity contribution in [2.24, 2.45) is 0 Å². The van der Waals surface area contributed by atoms with Crippen molar-refractivity contribution in [3.63, 3.8) is 0 Å². The molecular weight excluding hydrogens is 204 g/mol. The van der Waals surface area contributed by atoms with Gasteiger partial charge in [-0.1, -0.05) is 22.9 Å². The zero-order valence-electron chi connectivity index (χ0n) is 6.89. The van der Waals surface area contributed by atoms with E-state index in [1.807, 2.05) is 20.0 Å². The maximum atomic E-state index is 8.40. The van der Waals surface area contributed by atoms with E-state index in [-0.39, 0.29) is 4.95 Å². The third-order valence-electron chi connectivity index (χ3n) is 1.28. The van der Waals surface area contributed by atoms with Gasteiger partial charge >= 0.3 is 0 Å². The van der Waals surface area contributed by atoms with Crippen LogP contribution in [0.2, 0.25) is 0 Å². The van der Waals surface area contributed by atoms with Crippen LogP contribution in [-0.2, 0) is 0 Å². The SMILES string of the molecule is CC/C(=C\NC(C)Br)CC#N. The zero-order chi connectivity index (χ0) is 8.69. The predicted molar refractivity (Wildman–Crippen MR) is 50.1 cm³/mol. The van der Waals surface area contributed by atoms with Crippen LogP contribution in [0.25, 0.3) is 0 Å². The topological polar surface area (TPSA) is 35.8 Å². The lowest BCUT2D eigenvalue weighted by atomic mass is 10.2. The van der Waals surface area contributed by atoms with Crippen molar-refractivity contribution in [3.8, 4) is 6.07 Å². The van der Waals surface area contributed by atoms with E-state index in [0.717, 1.165) is 12.0 Å². The van der Waals surface area contributed by atoms with E-state index >= 15 is 0 Å². The van der Waals surface area contributed by atoms with E-state index in [1.165, 1.54) is 0 Å². The minimum atomic E-state index is 0.266. The summed E-state index contributed by atoms with van der Waals surface area (Å²) in [6.07, 6.45) is 3.35. The Hall–Kier alpha value is -0.490. The minimum absolute atomic E-state index is 0.266. The number of alkyl halides is 1. The number of nitrogens with one attached hydrogen (secondary N) is 1. The van der Waals surface area contributed by atoms with Gasteiger partial charge in [-0.15, -0.1) is 0 Å². The second-order valence-corrected chi connectivity index (χ2v) is 3.65. The van der Waals surface area contributed by atoms with Gasteiger partial charge in [0.1, 0.15) is 0 Å². The van der Waals surface area contributed by atoms with E-state index in [2.05, 4.69) is 27.3 Å². The highest BCUT2D eigenvalue weighted by molar-refractivity contribution is 9.09. The van der Waals surface area contributed by atoms with E-state index < -0.39 is 0 Å². The van der Waals surface area contributed by atoms with Gasteiger partial charge in [0, 0.05) is 0 Å². The molecule has 0 heterocycles. The highest BCUT2D eigenvalue weighted by Gasteiger charge is 1.93. The minimum Gasteiger partial charge on any atom is -0.379 e. The van der Waals surface area contributed by atoms with Gasteiger partial charge in [0.05, 0.1) is 17.4 Å². The van der Waals surface area contributed by atoms with Crippen LogP contribution in [0.1, 0.15) is 26.7 Å². The molecule has 0 saturated carbocycles. The van der Waals surface area contributed by atoms with Crippen LogP contribution in [0, 0.1) is 11.3 Å². The molecular formula is C8H13BrN2. The van der Waals surface area contributed by atoms with Crippen LogP contribution in [0.5, 0.6) is 0 Å². The van der Waals surface area contributed by atoms with Crippen molar-refractivity contribution >= 4 is 15.9 Å². The summed E-state index contributed by atoms with van der Waals surface area (Å²) in [4.78, 5) is 0.266. The molecule has 2 nitrogen and oxygen atoms in total. The molecule has 0 spiro atoms. The average molecular weight is 217 g/mol. The zero-order valence-corrected chi connectivity index (χ0v) is 8.48. The lowest BCUT2D eigenvalue weighted by Crippen LogP contribution is -2.12. The molecule has 0 rings (SSSR count). The number of hydrogen-bond acceptors (Lipinski definition) is 2. The number of nitrogens with zero attached hydrogens (tertiary/aromatic N) is 1. The number of rotatable bonds is 4. The predicted octanol–water partition coefficient (Wildman–Crippen LogP) is 2.52. The molecule has 1 N–H and O–H groups in total. The number of hydrogen-bond donors (Lipinski definition) is 1. The summed E-state index contributed by atoms with van der Waals surface area (Å²) in [5.74, 6) is 0. The molecule has 0 saturated heterocycles. The summed E-state index contributed by atoms with van der Waals surface area (Å²) >= 11 is 3.34. The summed E-state index contributed by atoms with van der Waals surface area (Å²) in [5, 5.41) is 11.5. The van der Waals surface area contributed by atoms with Crippen LogP contribution >= 0.6 is 15.9 Å². The lowest BCUT2D eigenvalue weighted by Gasteiger charge is -2.04. The number of halogens is 1. The van der Waals surface area contributed by atoms with Gasteiger partial charge < -0.3 is 5.32 Å². The van der Waals surface area contributed by atoms with E-state index in [4.69, 9.17) is 5.26 Å². The molecule has 3 heteroatoms.